The quantitative estimate of drug-likeness (QED) is 0.667. The van der Waals surface area contributed by atoms with Crippen molar-refractivity contribution in [2.45, 2.75) is 19.1 Å². The number of hydrogen-bond donors (Lipinski definition) is 2. The van der Waals surface area contributed by atoms with E-state index in [1.54, 1.807) is 6.92 Å². The minimum Gasteiger partial charge on any atom is -0.480 e. The van der Waals surface area contributed by atoms with Crippen LogP contribution in [0.4, 0.5) is 0 Å². The van der Waals surface area contributed by atoms with Crippen LogP contribution >= 0.6 is 11.8 Å². The molecule has 13 heavy (non-hydrogen) atoms. The smallest absolute Gasteiger partial charge is 0.322 e. The van der Waals surface area contributed by atoms with E-state index in [0.29, 0.717) is 0 Å². The Bertz CT molecular complexity index is 229. The molecule has 0 aromatic carbocycles. The number of nitrogens with one attached hydrogen (secondary N) is 1. The molecule has 0 radical (unpaired) electrons. The molecule has 1 unspecified atom stereocenters. The molecule has 5 nitrogen and oxygen atoms in total. The Morgan fingerprint density at radius 3 is 2.38 bits per heavy atom. The summed E-state index contributed by atoms with van der Waals surface area (Å²) in [5, 5.41) is 9.70. The zero-order valence-corrected chi connectivity index (χ0v) is 8.18. The van der Waals surface area contributed by atoms with E-state index in [1.807, 2.05) is 0 Å². The molecule has 74 valence electrons. The summed E-state index contributed by atoms with van der Waals surface area (Å²) in [6, 6.07) is 0. The molecule has 0 fully saturated rings. The van der Waals surface area contributed by atoms with E-state index in [-0.39, 0.29) is 5.12 Å². The lowest BCUT2D eigenvalue weighted by Crippen LogP contribution is -2.35. The number of carbonyl (C=O) groups excluding carboxylic acids is 2. The third-order valence-electron chi connectivity index (χ3n) is 1.13. The van der Waals surface area contributed by atoms with Crippen LogP contribution in [0.25, 0.3) is 0 Å². The van der Waals surface area contributed by atoms with Gasteiger partial charge in [-0.15, -0.1) is 0 Å². The highest BCUT2D eigenvalue weighted by Crippen LogP contribution is 2.10. The molecular weight excluding hydrogens is 194 g/mol. The summed E-state index contributed by atoms with van der Waals surface area (Å²) in [5.74, 6) is -1.55. The molecule has 0 saturated heterocycles. The maximum Gasteiger partial charge on any atom is 0.322 e. The summed E-state index contributed by atoms with van der Waals surface area (Å²) in [7, 11) is 0. The minimum absolute atomic E-state index is 0.169. The zero-order valence-electron chi connectivity index (χ0n) is 7.36. The van der Waals surface area contributed by atoms with Gasteiger partial charge in [-0.25, -0.2) is 0 Å². The fourth-order valence-corrected chi connectivity index (χ4v) is 1.30. The Morgan fingerprint density at radius 1 is 1.46 bits per heavy atom. The molecule has 0 bridgehead atoms. The Hall–Kier alpha value is -1.04. The van der Waals surface area contributed by atoms with Gasteiger partial charge < -0.3 is 10.4 Å². The molecule has 0 saturated carbocycles. The van der Waals surface area contributed by atoms with Gasteiger partial charge in [0.2, 0.25) is 5.91 Å². The highest BCUT2D eigenvalue weighted by molar-refractivity contribution is 8.14. The molecule has 0 aliphatic carbocycles. The highest BCUT2D eigenvalue weighted by atomic mass is 32.2. The van der Waals surface area contributed by atoms with Crippen molar-refractivity contribution in [1.82, 2.24) is 5.32 Å². The van der Waals surface area contributed by atoms with Crippen molar-refractivity contribution in [2.75, 3.05) is 6.54 Å². The largest absolute Gasteiger partial charge is 0.480 e. The zero-order chi connectivity index (χ0) is 10.4. The lowest BCUT2D eigenvalue weighted by molar-refractivity contribution is -0.137. The van der Waals surface area contributed by atoms with Gasteiger partial charge >= 0.3 is 5.97 Å². The van der Waals surface area contributed by atoms with E-state index in [2.05, 4.69) is 5.32 Å². The van der Waals surface area contributed by atoms with Crippen molar-refractivity contribution in [1.29, 1.82) is 0 Å². The van der Waals surface area contributed by atoms with Crippen LogP contribution in [0.3, 0.4) is 0 Å². The van der Waals surface area contributed by atoms with Gasteiger partial charge in [0, 0.05) is 6.92 Å². The van der Waals surface area contributed by atoms with E-state index in [1.165, 1.54) is 6.92 Å². The number of thioether (sulfide) groups is 1. The minimum atomic E-state index is -1.10. The molecule has 2 N–H and O–H groups in total. The summed E-state index contributed by atoms with van der Waals surface area (Å²) in [4.78, 5) is 31.7. The standard InChI is InChI=1S/C7H11NO4S/c1-4(13-5(2)9)7(12)8-3-6(10)11/h4H,3H2,1-2H3,(H,8,12)(H,10,11). The Morgan fingerprint density at radius 2 is 2.00 bits per heavy atom. The number of hydrogen-bond acceptors (Lipinski definition) is 4. The number of carbonyl (C=O) groups is 3. The normalized spacial score (nSPS) is 11.8. The molecule has 6 heteroatoms. The molecule has 0 spiro atoms. The molecule has 0 aliphatic heterocycles. The third-order valence-corrected chi connectivity index (χ3v) is 2.03. The first-order chi connectivity index (χ1) is 5.93. The third kappa shape index (κ3) is 6.15. The Balaban J connectivity index is 3.82. The summed E-state index contributed by atoms with van der Waals surface area (Å²) in [5.41, 5.74) is 0. The van der Waals surface area contributed by atoms with E-state index >= 15 is 0 Å². The highest BCUT2D eigenvalue weighted by Gasteiger charge is 2.15. The maximum atomic E-state index is 11.0. The lowest BCUT2D eigenvalue weighted by atomic mass is 10.4. The number of amides is 1. The van der Waals surface area contributed by atoms with Crippen molar-refractivity contribution in [2.24, 2.45) is 0 Å². The predicted octanol–water partition coefficient (Wildman–Crippen LogP) is -0.145. The van der Waals surface area contributed by atoms with Crippen LogP contribution in [0.1, 0.15) is 13.8 Å². The summed E-state index contributed by atoms with van der Waals surface area (Å²) in [6.07, 6.45) is 0. The van der Waals surface area contributed by atoms with Gasteiger partial charge in [0.1, 0.15) is 6.54 Å². The average Bonchev–Trinajstić information content (AvgIpc) is 1.98. The molecule has 0 heterocycles. The molecule has 0 aliphatic rings. The van der Waals surface area contributed by atoms with Gasteiger partial charge in [0.05, 0.1) is 5.25 Å². The van der Waals surface area contributed by atoms with Crippen LogP contribution in [0, 0.1) is 0 Å². The first kappa shape index (κ1) is 12.0. The molecule has 1 atom stereocenters. The molecule has 1 amide bonds. The number of carboxylic acids is 1. The maximum absolute atomic E-state index is 11.0. The topological polar surface area (TPSA) is 83.5 Å². The lowest BCUT2D eigenvalue weighted by Gasteiger charge is -2.07. The summed E-state index contributed by atoms with van der Waals surface area (Å²) < 4.78 is 0. The van der Waals surface area contributed by atoms with Gasteiger partial charge in [0.25, 0.3) is 0 Å². The second kappa shape index (κ2) is 5.58. The Kier molecular flexibility index (Phi) is 5.13. The van der Waals surface area contributed by atoms with Crippen molar-refractivity contribution >= 4 is 28.8 Å². The van der Waals surface area contributed by atoms with Gasteiger partial charge in [0.15, 0.2) is 5.12 Å². The first-order valence-electron chi connectivity index (χ1n) is 3.60. The van der Waals surface area contributed by atoms with Crippen LogP contribution in [0.15, 0.2) is 0 Å². The fraction of sp³-hybridized carbons (Fsp3) is 0.571. The van der Waals surface area contributed by atoms with Crippen molar-refractivity contribution < 1.29 is 19.5 Å². The molecular formula is C7H11NO4S. The predicted molar refractivity (Wildman–Crippen MR) is 48.4 cm³/mol. The van der Waals surface area contributed by atoms with Gasteiger partial charge in [-0.3, -0.25) is 14.4 Å². The average molecular weight is 205 g/mol. The number of carboxylic acid groups (broad SMARTS) is 1. The van der Waals surface area contributed by atoms with Crippen LogP contribution in [0.2, 0.25) is 0 Å². The summed E-state index contributed by atoms with van der Waals surface area (Å²) >= 11 is 0.870. The fourth-order valence-electron chi connectivity index (χ4n) is 0.609. The number of rotatable bonds is 4. The number of aliphatic carboxylic acids is 1. The molecule has 0 aromatic rings. The van der Waals surface area contributed by atoms with Crippen molar-refractivity contribution in [3.63, 3.8) is 0 Å². The van der Waals surface area contributed by atoms with E-state index in [4.69, 9.17) is 5.11 Å². The second-order valence-electron chi connectivity index (χ2n) is 2.36. The first-order valence-corrected chi connectivity index (χ1v) is 4.48. The van der Waals surface area contributed by atoms with Crippen LogP contribution in [-0.2, 0) is 14.4 Å². The van der Waals surface area contributed by atoms with E-state index in [9.17, 15) is 14.4 Å². The van der Waals surface area contributed by atoms with Gasteiger partial charge in [-0.05, 0) is 6.92 Å². The van der Waals surface area contributed by atoms with E-state index in [0.717, 1.165) is 11.8 Å². The van der Waals surface area contributed by atoms with Crippen molar-refractivity contribution in [3.8, 4) is 0 Å². The molecule has 0 rings (SSSR count). The Labute approximate surface area is 79.9 Å². The van der Waals surface area contributed by atoms with Gasteiger partial charge in [-0.1, -0.05) is 11.8 Å². The van der Waals surface area contributed by atoms with Crippen LogP contribution in [0.5, 0.6) is 0 Å². The second-order valence-corrected chi connectivity index (χ2v) is 3.88. The summed E-state index contributed by atoms with van der Waals surface area (Å²) in [6.45, 7) is 2.48. The van der Waals surface area contributed by atoms with E-state index < -0.39 is 23.7 Å². The molecule has 0 aromatic heterocycles. The van der Waals surface area contributed by atoms with Gasteiger partial charge in [-0.2, -0.15) is 0 Å². The van der Waals surface area contributed by atoms with Crippen LogP contribution in [-0.4, -0.2) is 33.9 Å². The SMILES string of the molecule is CC(=O)SC(C)C(=O)NCC(=O)O. The van der Waals surface area contributed by atoms with Crippen molar-refractivity contribution in [3.05, 3.63) is 0 Å². The monoisotopic (exact) mass is 205 g/mol. The van der Waals surface area contributed by atoms with Crippen LogP contribution < -0.4 is 5.32 Å².